The number of ether oxygens (including phenoxy) is 1. The Bertz CT molecular complexity index is 1210. The number of fused-ring (bicyclic) bond motifs is 1. The molecule has 32 heavy (non-hydrogen) atoms. The van der Waals surface area contributed by atoms with E-state index in [1.165, 1.54) is 5.56 Å². The molecule has 160 valence electrons. The number of amides is 1. The van der Waals surface area contributed by atoms with Crippen molar-refractivity contribution in [1.29, 1.82) is 0 Å². The fraction of sp³-hybridized carbons (Fsp3) is 0.214. The molecule has 5 rings (SSSR count). The largest absolute Gasteiger partial charge is 0.487 e. The first-order chi connectivity index (χ1) is 15.8. The molecular formula is C28H26N2O2. The SMILES string of the molecule is O=C(c1cccc(COc2cccc3ccccc23)n1)N1CCC(c2ccccc2)CC1. The number of pyridine rings is 1. The van der Waals surface area contributed by atoms with Crippen molar-refractivity contribution in [2.45, 2.75) is 25.4 Å². The van der Waals surface area contributed by atoms with E-state index in [1.54, 1.807) is 6.07 Å². The second-order valence-electron chi connectivity index (χ2n) is 8.26. The molecule has 1 aromatic heterocycles. The normalized spacial score (nSPS) is 14.4. The molecule has 1 aliphatic rings. The van der Waals surface area contributed by atoms with Crippen molar-refractivity contribution in [3.05, 3.63) is 108 Å². The van der Waals surface area contributed by atoms with Crippen LogP contribution in [0.5, 0.6) is 5.75 Å². The summed E-state index contributed by atoms with van der Waals surface area (Å²) >= 11 is 0. The van der Waals surface area contributed by atoms with Crippen LogP contribution >= 0.6 is 0 Å². The number of likely N-dealkylation sites (tertiary alicyclic amines) is 1. The van der Waals surface area contributed by atoms with Crippen molar-refractivity contribution in [3.63, 3.8) is 0 Å². The van der Waals surface area contributed by atoms with Gasteiger partial charge in [0.2, 0.25) is 0 Å². The number of piperidine rings is 1. The second-order valence-corrected chi connectivity index (χ2v) is 8.26. The molecule has 0 saturated carbocycles. The first kappa shape index (κ1) is 20.3. The molecule has 0 spiro atoms. The molecule has 1 saturated heterocycles. The van der Waals surface area contributed by atoms with Gasteiger partial charge < -0.3 is 9.64 Å². The molecule has 0 aliphatic carbocycles. The van der Waals surface area contributed by atoms with Crippen LogP contribution in [0.25, 0.3) is 10.8 Å². The Morgan fingerprint density at radius 3 is 2.41 bits per heavy atom. The maximum atomic E-state index is 13.1. The zero-order valence-corrected chi connectivity index (χ0v) is 18.0. The molecule has 0 bridgehead atoms. The molecular weight excluding hydrogens is 396 g/mol. The van der Waals surface area contributed by atoms with Crippen LogP contribution in [-0.2, 0) is 6.61 Å². The highest BCUT2D eigenvalue weighted by Crippen LogP contribution is 2.28. The predicted molar refractivity (Wildman–Crippen MR) is 127 cm³/mol. The van der Waals surface area contributed by atoms with Crippen LogP contribution in [0.4, 0.5) is 0 Å². The van der Waals surface area contributed by atoms with Gasteiger partial charge in [-0.1, -0.05) is 72.8 Å². The third-order valence-corrected chi connectivity index (χ3v) is 6.20. The summed E-state index contributed by atoms with van der Waals surface area (Å²) < 4.78 is 6.06. The van der Waals surface area contributed by atoms with Crippen LogP contribution in [-0.4, -0.2) is 28.9 Å². The summed E-state index contributed by atoms with van der Waals surface area (Å²) in [5.41, 5.74) is 2.61. The zero-order valence-electron chi connectivity index (χ0n) is 18.0. The van der Waals surface area contributed by atoms with E-state index in [9.17, 15) is 4.79 Å². The Balaban J connectivity index is 1.23. The van der Waals surface area contributed by atoms with Crippen molar-refractivity contribution >= 4 is 16.7 Å². The summed E-state index contributed by atoms with van der Waals surface area (Å²) in [6.45, 7) is 1.85. The minimum absolute atomic E-state index is 0.00326. The maximum Gasteiger partial charge on any atom is 0.272 e. The Kier molecular flexibility index (Phi) is 5.84. The third kappa shape index (κ3) is 4.35. The van der Waals surface area contributed by atoms with Gasteiger partial charge in [0.1, 0.15) is 18.1 Å². The molecule has 0 atom stereocenters. The van der Waals surface area contributed by atoms with Crippen molar-refractivity contribution in [1.82, 2.24) is 9.88 Å². The number of rotatable bonds is 5. The van der Waals surface area contributed by atoms with Gasteiger partial charge in [-0.05, 0) is 47.9 Å². The summed E-state index contributed by atoms with van der Waals surface area (Å²) in [6.07, 6.45) is 1.97. The van der Waals surface area contributed by atoms with Gasteiger partial charge >= 0.3 is 0 Å². The summed E-state index contributed by atoms with van der Waals surface area (Å²) in [5.74, 6) is 1.35. The van der Waals surface area contributed by atoms with Crippen molar-refractivity contribution in [2.75, 3.05) is 13.1 Å². The first-order valence-corrected chi connectivity index (χ1v) is 11.2. The van der Waals surface area contributed by atoms with Crippen LogP contribution in [0.2, 0.25) is 0 Å². The number of aromatic nitrogens is 1. The van der Waals surface area contributed by atoms with Gasteiger partial charge in [-0.25, -0.2) is 4.98 Å². The quantitative estimate of drug-likeness (QED) is 0.406. The highest BCUT2D eigenvalue weighted by Gasteiger charge is 2.25. The highest BCUT2D eigenvalue weighted by molar-refractivity contribution is 5.92. The molecule has 2 heterocycles. The number of hydrogen-bond acceptors (Lipinski definition) is 3. The molecule has 1 fully saturated rings. The van der Waals surface area contributed by atoms with E-state index in [2.05, 4.69) is 47.4 Å². The number of carbonyl (C=O) groups is 1. The Morgan fingerprint density at radius 1 is 0.844 bits per heavy atom. The van der Waals surface area contributed by atoms with Crippen molar-refractivity contribution in [2.24, 2.45) is 0 Å². The van der Waals surface area contributed by atoms with Crippen LogP contribution in [0, 0.1) is 0 Å². The zero-order chi connectivity index (χ0) is 21.8. The molecule has 4 nitrogen and oxygen atoms in total. The fourth-order valence-corrected chi connectivity index (χ4v) is 4.46. The van der Waals surface area contributed by atoms with E-state index in [1.807, 2.05) is 47.4 Å². The molecule has 0 N–H and O–H groups in total. The van der Waals surface area contributed by atoms with Gasteiger partial charge in [0.05, 0.1) is 5.69 Å². The van der Waals surface area contributed by atoms with Crippen LogP contribution in [0.3, 0.4) is 0 Å². The average Bonchev–Trinajstić information content (AvgIpc) is 2.88. The van der Waals surface area contributed by atoms with Crippen LogP contribution in [0.1, 0.15) is 40.5 Å². The maximum absolute atomic E-state index is 13.1. The number of benzene rings is 3. The second kappa shape index (κ2) is 9.23. The van der Waals surface area contributed by atoms with Gasteiger partial charge in [0, 0.05) is 18.5 Å². The monoisotopic (exact) mass is 422 g/mol. The lowest BCUT2D eigenvalue weighted by Crippen LogP contribution is -2.38. The van der Waals surface area contributed by atoms with E-state index in [0.29, 0.717) is 18.2 Å². The first-order valence-electron chi connectivity index (χ1n) is 11.2. The van der Waals surface area contributed by atoms with Crippen LogP contribution < -0.4 is 4.74 Å². The summed E-state index contributed by atoms with van der Waals surface area (Å²) in [5, 5.41) is 2.21. The molecule has 4 aromatic rings. The third-order valence-electron chi connectivity index (χ3n) is 6.20. The lowest BCUT2D eigenvalue weighted by atomic mass is 9.89. The minimum atomic E-state index is 0.00326. The molecule has 1 amide bonds. The van der Waals surface area contributed by atoms with E-state index in [0.717, 1.165) is 48.1 Å². The Hall–Kier alpha value is -3.66. The molecule has 1 aliphatic heterocycles. The van der Waals surface area contributed by atoms with E-state index >= 15 is 0 Å². The molecule has 0 radical (unpaired) electrons. The summed E-state index contributed by atoms with van der Waals surface area (Å²) in [7, 11) is 0. The van der Waals surface area contributed by atoms with E-state index in [-0.39, 0.29) is 5.91 Å². The summed E-state index contributed by atoms with van der Waals surface area (Å²) in [6, 6.07) is 30.4. The standard InChI is InChI=1S/C28H26N2O2/c31-28(30-18-16-22(17-19-30)21-8-2-1-3-9-21)26-14-7-12-24(29-26)20-32-27-15-6-11-23-10-4-5-13-25(23)27/h1-15,22H,16-20H2. The lowest BCUT2D eigenvalue weighted by molar-refractivity contribution is 0.0706. The predicted octanol–water partition coefficient (Wildman–Crippen LogP) is 5.83. The van der Waals surface area contributed by atoms with Crippen molar-refractivity contribution in [3.8, 4) is 5.75 Å². The van der Waals surface area contributed by atoms with E-state index < -0.39 is 0 Å². The van der Waals surface area contributed by atoms with Gasteiger partial charge in [-0.3, -0.25) is 4.79 Å². The van der Waals surface area contributed by atoms with Gasteiger partial charge in [-0.2, -0.15) is 0 Å². The fourth-order valence-electron chi connectivity index (χ4n) is 4.46. The van der Waals surface area contributed by atoms with Gasteiger partial charge in [0.25, 0.3) is 5.91 Å². The van der Waals surface area contributed by atoms with E-state index in [4.69, 9.17) is 4.74 Å². The molecule has 3 aromatic carbocycles. The topological polar surface area (TPSA) is 42.4 Å². The number of hydrogen-bond donors (Lipinski definition) is 0. The van der Waals surface area contributed by atoms with Crippen LogP contribution in [0.15, 0.2) is 91.0 Å². The minimum Gasteiger partial charge on any atom is -0.487 e. The molecule has 4 heteroatoms. The lowest BCUT2D eigenvalue weighted by Gasteiger charge is -2.32. The number of nitrogens with zero attached hydrogens (tertiary/aromatic N) is 2. The van der Waals surface area contributed by atoms with Crippen molar-refractivity contribution < 1.29 is 9.53 Å². The number of carbonyl (C=O) groups excluding carboxylic acids is 1. The smallest absolute Gasteiger partial charge is 0.272 e. The molecule has 0 unspecified atom stereocenters. The highest BCUT2D eigenvalue weighted by atomic mass is 16.5. The summed E-state index contributed by atoms with van der Waals surface area (Å²) in [4.78, 5) is 19.6. The Labute approximate surface area is 188 Å². The Morgan fingerprint density at radius 2 is 1.56 bits per heavy atom. The average molecular weight is 423 g/mol. The van der Waals surface area contributed by atoms with Gasteiger partial charge in [-0.15, -0.1) is 0 Å². The van der Waals surface area contributed by atoms with Gasteiger partial charge in [0.15, 0.2) is 0 Å².